The molecule has 19 heavy (non-hydrogen) atoms. The first-order valence-electron chi connectivity index (χ1n) is 6.18. The smallest absolute Gasteiger partial charge is 0.241 e. The Kier molecular flexibility index (Phi) is 3.87. The highest BCUT2D eigenvalue weighted by Gasteiger charge is 2.21. The number of carbonyl (C=O) groups excluding carboxylic acids is 1. The number of fused-ring (bicyclic) bond motifs is 1. The number of carbonyl (C=O) groups is 1. The maximum Gasteiger partial charge on any atom is 0.241 e. The molecule has 0 bridgehead atoms. The Morgan fingerprint density at radius 3 is 2.74 bits per heavy atom. The summed E-state index contributed by atoms with van der Waals surface area (Å²) < 4.78 is 2.03. The van der Waals surface area contributed by atoms with Gasteiger partial charge in [-0.2, -0.15) is 5.48 Å². The van der Waals surface area contributed by atoms with Gasteiger partial charge in [-0.15, -0.1) is 0 Å². The fourth-order valence-electron chi connectivity index (χ4n) is 2.31. The monoisotopic (exact) mass is 261 g/mol. The van der Waals surface area contributed by atoms with Crippen LogP contribution in [0, 0.1) is 0 Å². The van der Waals surface area contributed by atoms with Gasteiger partial charge in [0.15, 0.2) is 0 Å². The molecule has 1 aromatic heterocycles. The Labute approximate surface area is 112 Å². The van der Waals surface area contributed by atoms with Gasteiger partial charge in [0.05, 0.1) is 0 Å². The zero-order valence-corrected chi connectivity index (χ0v) is 11.4. The minimum Gasteiger partial charge on any atom is -0.350 e. The van der Waals surface area contributed by atoms with Gasteiger partial charge < -0.3 is 14.7 Å². The average molecular weight is 261 g/mol. The van der Waals surface area contributed by atoms with E-state index >= 15 is 0 Å². The summed E-state index contributed by atoms with van der Waals surface area (Å²) >= 11 is 0. The van der Waals surface area contributed by atoms with Crippen LogP contribution in [0.4, 0.5) is 0 Å². The third kappa shape index (κ3) is 2.62. The predicted octanol–water partition coefficient (Wildman–Crippen LogP) is 1.16. The topological polar surface area (TPSA) is 57.5 Å². The summed E-state index contributed by atoms with van der Waals surface area (Å²) in [7, 11) is 5.33. The molecule has 0 saturated carbocycles. The fourth-order valence-corrected chi connectivity index (χ4v) is 2.31. The lowest BCUT2D eigenvalue weighted by atomic mass is 10.0. The van der Waals surface area contributed by atoms with E-state index in [1.54, 1.807) is 14.1 Å². The molecule has 102 valence electrons. The van der Waals surface area contributed by atoms with E-state index in [4.69, 9.17) is 0 Å². The lowest BCUT2D eigenvalue weighted by Gasteiger charge is -2.18. The van der Waals surface area contributed by atoms with Crippen molar-refractivity contribution in [3.8, 4) is 0 Å². The van der Waals surface area contributed by atoms with E-state index in [1.807, 2.05) is 42.1 Å². The van der Waals surface area contributed by atoms with Crippen molar-refractivity contribution in [2.45, 2.75) is 12.5 Å². The van der Waals surface area contributed by atoms with Gasteiger partial charge in [-0.05, 0) is 11.6 Å². The Morgan fingerprint density at radius 2 is 2.11 bits per heavy atom. The van der Waals surface area contributed by atoms with Gasteiger partial charge in [0.25, 0.3) is 0 Å². The number of para-hydroxylation sites is 1. The number of aromatic nitrogens is 1. The third-order valence-electron chi connectivity index (χ3n) is 3.30. The number of likely N-dealkylation sites (N-methyl/N-ethyl adjacent to an activating group) is 1. The summed E-state index contributed by atoms with van der Waals surface area (Å²) in [6.07, 6.45) is 2.45. The van der Waals surface area contributed by atoms with Crippen LogP contribution < -0.4 is 5.48 Å². The summed E-state index contributed by atoms with van der Waals surface area (Å²) in [5, 5.41) is 10.3. The molecule has 0 aliphatic rings. The fraction of sp³-hybridized carbons (Fsp3) is 0.357. The molecular weight excluding hydrogens is 242 g/mol. The highest BCUT2D eigenvalue weighted by atomic mass is 16.5. The highest BCUT2D eigenvalue weighted by Crippen LogP contribution is 2.21. The molecule has 5 heteroatoms. The number of benzene rings is 1. The van der Waals surface area contributed by atoms with Crippen LogP contribution in [0.5, 0.6) is 0 Å². The zero-order chi connectivity index (χ0) is 14.0. The molecule has 0 radical (unpaired) electrons. The molecule has 1 atom stereocenters. The van der Waals surface area contributed by atoms with E-state index in [1.165, 1.54) is 4.90 Å². The van der Waals surface area contributed by atoms with Crippen LogP contribution in [0.3, 0.4) is 0 Å². The number of nitrogens with zero attached hydrogens (tertiary/aromatic N) is 2. The first-order chi connectivity index (χ1) is 9.04. The van der Waals surface area contributed by atoms with E-state index in [0.717, 1.165) is 16.5 Å². The number of aryl methyl sites for hydroxylation is 1. The number of hydrogen-bond donors (Lipinski definition) is 2. The van der Waals surface area contributed by atoms with E-state index in [-0.39, 0.29) is 5.91 Å². The molecule has 1 amide bonds. The quantitative estimate of drug-likeness (QED) is 0.812. The van der Waals surface area contributed by atoms with Gasteiger partial charge in [-0.3, -0.25) is 4.79 Å². The summed E-state index contributed by atoms with van der Waals surface area (Å²) in [6.45, 7) is 0. The molecule has 2 rings (SSSR count). The zero-order valence-electron chi connectivity index (χ0n) is 11.4. The lowest BCUT2D eigenvalue weighted by molar-refractivity contribution is -0.133. The second kappa shape index (κ2) is 5.42. The normalized spacial score (nSPS) is 12.6. The van der Waals surface area contributed by atoms with Crippen molar-refractivity contribution in [2.24, 2.45) is 7.05 Å². The summed E-state index contributed by atoms with van der Waals surface area (Å²) in [6, 6.07) is 7.40. The van der Waals surface area contributed by atoms with Crippen molar-refractivity contribution in [1.29, 1.82) is 0 Å². The van der Waals surface area contributed by atoms with E-state index < -0.39 is 6.04 Å². The maximum atomic E-state index is 11.9. The molecule has 5 nitrogen and oxygen atoms in total. The number of rotatable bonds is 4. The van der Waals surface area contributed by atoms with Crippen LogP contribution in [0.25, 0.3) is 10.9 Å². The maximum absolute atomic E-state index is 11.9. The molecule has 2 N–H and O–H groups in total. The Balaban J connectivity index is 2.32. The van der Waals surface area contributed by atoms with E-state index in [0.29, 0.717) is 6.42 Å². The summed E-state index contributed by atoms with van der Waals surface area (Å²) in [5.41, 5.74) is 4.26. The van der Waals surface area contributed by atoms with Crippen LogP contribution in [-0.4, -0.2) is 40.7 Å². The van der Waals surface area contributed by atoms with Crippen molar-refractivity contribution in [3.63, 3.8) is 0 Å². The molecular formula is C14H19N3O2. The molecule has 0 saturated heterocycles. The Morgan fingerprint density at radius 1 is 1.42 bits per heavy atom. The third-order valence-corrected chi connectivity index (χ3v) is 3.30. The first kappa shape index (κ1) is 13.6. The number of nitrogens with one attached hydrogen (secondary N) is 1. The Bertz CT molecular complexity index is 589. The summed E-state index contributed by atoms with van der Waals surface area (Å²) in [5.74, 6) is -0.143. The lowest BCUT2D eigenvalue weighted by Crippen LogP contribution is -2.43. The number of hydrogen-bond acceptors (Lipinski definition) is 3. The van der Waals surface area contributed by atoms with Gasteiger partial charge in [-0.1, -0.05) is 18.2 Å². The highest BCUT2D eigenvalue weighted by molar-refractivity contribution is 5.86. The van der Waals surface area contributed by atoms with Gasteiger partial charge in [0.1, 0.15) is 6.04 Å². The molecule has 1 heterocycles. The van der Waals surface area contributed by atoms with Crippen LogP contribution in [0.15, 0.2) is 30.5 Å². The van der Waals surface area contributed by atoms with Crippen molar-refractivity contribution < 1.29 is 10.0 Å². The first-order valence-corrected chi connectivity index (χ1v) is 6.18. The van der Waals surface area contributed by atoms with Crippen LogP contribution in [-0.2, 0) is 18.3 Å². The van der Waals surface area contributed by atoms with Gasteiger partial charge >= 0.3 is 0 Å². The Hall–Kier alpha value is -1.85. The molecule has 1 unspecified atom stereocenters. The molecule has 0 aliphatic carbocycles. The SMILES string of the molecule is CN(C)C(=O)C(Cc1cn(C)c2ccccc12)NO. The van der Waals surface area contributed by atoms with Crippen molar-refractivity contribution >= 4 is 16.8 Å². The second-order valence-corrected chi connectivity index (χ2v) is 4.90. The van der Waals surface area contributed by atoms with E-state index in [2.05, 4.69) is 5.48 Å². The molecule has 0 aliphatic heterocycles. The van der Waals surface area contributed by atoms with E-state index in [9.17, 15) is 10.0 Å². The standard InChI is InChI=1S/C14H19N3O2/c1-16(2)14(18)12(15-19)8-10-9-17(3)13-7-5-4-6-11(10)13/h4-7,9,12,15,19H,8H2,1-3H3. The second-order valence-electron chi connectivity index (χ2n) is 4.90. The average Bonchev–Trinajstić information content (AvgIpc) is 2.72. The predicted molar refractivity (Wildman–Crippen MR) is 74.0 cm³/mol. The minimum atomic E-state index is -0.624. The van der Waals surface area contributed by atoms with Crippen LogP contribution in [0.1, 0.15) is 5.56 Å². The molecule has 2 aromatic rings. The van der Waals surface area contributed by atoms with Crippen LogP contribution >= 0.6 is 0 Å². The van der Waals surface area contributed by atoms with Crippen LogP contribution in [0.2, 0.25) is 0 Å². The van der Waals surface area contributed by atoms with Crippen molar-refractivity contribution in [3.05, 3.63) is 36.0 Å². The molecule has 1 aromatic carbocycles. The molecule has 0 fully saturated rings. The van der Waals surface area contributed by atoms with Gasteiger partial charge in [0, 0.05) is 44.7 Å². The van der Waals surface area contributed by atoms with Crippen molar-refractivity contribution in [2.75, 3.05) is 14.1 Å². The van der Waals surface area contributed by atoms with Gasteiger partial charge in [0.2, 0.25) is 5.91 Å². The largest absolute Gasteiger partial charge is 0.350 e. The van der Waals surface area contributed by atoms with Crippen molar-refractivity contribution in [1.82, 2.24) is 14.9 Å². The number of hydroxylamine groups is 1. The van der Waals surface area contributed by atoms with Gasteiger partial charge in [-0.25, -0.2) is 0 Å². The summed E-state index contributed by atoms with van der Waals surface area (Å²) in [4.78, 5) is 13.4. The number of amides is 1. The minimum absolute atomic E-state index is 0.143. The molecule has 0 spiro atoms.